The molecule has 0 heterocycles. The van der Waals surface area contributed by atoms with E-state index >= 15 is 0 Å². The van der Waals surface area contributed by atoms with Gasteiger partial charge in [-0.05, 0) is 55.4 Å². The third-order valence-corrected chi connectivity index (χ3v) is 7.07. The molecule has 0 aliphatic carbocycles. The monoisotopic (exact) mass is 516 g/mol. The van der Waals surface area contributed by atoms with Gasteiger partial charge in [0.25, 0.3) is 0 Å². The predicted molar refractivity (Wildman–Crippen MR) is 144 cm³/mol. The Kier molecular flexibility index (Phi) is 31.7. The van der Waals surface area contributed by atoms with Gasteiger partial charge in [0.15, 0.2) is 20.3 Å². The molecular weight excluding hydrogens is 469 g/mol. The highest BCUT2D eigenvalue weighted by Crippen LogP contribution is 2.30. The van der Waals surface area contributed by atoms with Gasteiger partial charge in [-0.15, -0.1) is 0 Å². The van der Waals surface area contributed by atoms with Crippen molar-refractivity contribution in [3.63, 3.8) is 0 Å². The fraction of sp³-hybridized carbons (Fsp3) is 1.00. The third kappa shape index (κ3) is 12.9. The summed E-state index contributed by atoms with van der Waals surface area (Å²) in [5, 5.41) is 0. The minimum Gasteiger partial charge on any atom is -0.374 e. The van der Waals surface area contributed by atoms with E-state index in [1.807, 2.05) is 55.4 Å². The first-order valence-electron chi connectivity index (χ1n) is 9.70. The van der Waals surface area contributed by atoms with Crippen molar-refractivity contribution in [2.75, 3.05) is 39.6 Å². The van der Waals surface area contributed by atoms with Crippen LogP contribution >= 0.6 is 54.0 Å². The number of hydrogen-bond donors (Lipinski definition) is 0. The zero-order valence-electron chi connectivity index (χ0n) is 19.6. The van der Waals surface area contributed by atoms with E-state index in [1.54, 1.807) is 0 Å². The van der Waals surface area contributed by atoms with Crippen LogP contribution in [0.15, 0.2) is 0 Å². The summed E-state index contributed by atoms with van der Waals surface area (Å²) in [5.74, 6) is 0. The summed E-state index contributed by atoms with van der Waals surface area (Å²) >= 11 is 0. The summed E-state index contributed by atoms with van der Waals surface area (Å²) in [6.07, 6.45) is -0.448. The van der Waals surface area contributed by atoms with Crippen LogP contribution in [0.4, 0.5) is 0 Å². The Morgan fingerprint density at radius 2 is 0.759 bits per heavy atom. The standard InChI is InChI=1S/C18H40O6Si.4H2S/c1-9-19-15(7)17(21-11-3,22-12-4)25-18(23-13-5,24-14-6)16(8)20-10-2;;;;/h15-16H,9-14,25H2,1-8H3;4*1H2. The Labute approximate surface area is 209 Å². The van der Waals surface area contributed by atoms with E-state index in [4.69, 9.17) is 28.4 Å². The van der Waals surface area contributed by atoms with Gasteiger partial charge in [-0.1, -0.05) is 0 Å². The van der Waals surface area contributed by atoms with Crippen LogP contribution < -0.4 is 0 Å². The van der Waals surface area contributed by atoms with E-state index < -0.39 is 20.3 Å². The summed E-state index contributed by atoms with van der Waals surface area (Å²) in [7, 11) is -1.29. The Morgan fingerprint density at radius 3 is 0.931 bits per heavy atom. The molecule has 0 radical (unpaired) electrons. The van der Waals surface area contributed by atoms with E-state index in [2.05, 4.69) is 0 Å². The molecule has 0 N–H and O–H groups in total. The topological polar surface area (TPSA) is 55.4 Å². The molecule has 6 nitrogen and oxygen atoms in total. The van der Waals surface area contributed by atoms with Crippen molar-refractivity contribution in [2.24, 2.45) is 0 Å². The lowest BCUT2D eigenvalue weighted by molar-refractivity contribution is -0.267. The highest BCUT2D eigenvalue weighted by molar-refractivity contribution is 7.59. The van der Waals surface area contributed by atoms with Gasteiger partial charge in [-0.3, -0.25) is 0 Å². The van der Waals surface area contributed by atoms with Gasteiger partial charge >= 0.3 is 0 Å². The van der Waals surface area contributed by atoms with E-state index in [0.29, 0.717) is 39.6 Å². The van der Waals surface area contributed by atoms with Gasteiger partial charge in [-0.2, -0.15) is 54.0 Å². The zero-order chi connectivity index (χ0) is 19.3. The van der Waals surface area contributed by atoms with Crippen LogP contribution in [0.2, 0.25) is 0 Å². The molecule has 0 aromatic heterocycles. The van der Waals surface area contributed by atoms with Crippen molar-refractivity contribution in [1.29, 1.82) is 0 Å². The van der Waals surface area contributed by atoms with Crippen molar-refractivity contribution >= 4 is 63.5 Å². The van der Waals surface area contributed by atoms with Gasteiger partial charge in [0.2, 0.25) is 0 Å². The minimum absolute atomic E-state index is 0. The highest BCUT2D eigenvalue weighted by Gasteiger charge is 2.52. The second kappa shape index (κ2) is 22.6. The van der Waals surface area contributed by atoms with Gasteiger partial charge in [0, 0.05) is 39.6 Å². The van der Waals surface area contributed by atoms with Crippen molar-refractivity contribution in [2.45, 2.75) is 78.4 Å². The van der Waals surface area contributed by atoms with Crippen molar-refractivity contribution in [1.82, 2.24) is 0 Å². The SMILES string of the molecule is CCOC(C)C(OCC)(OCC)[SiH2]C(OCC)(OCC)C(C)OCC.S.S.S.S. The molecule has 0 fully saturated rings. The normalized spacial score (nSPS) is 13.7. The first-order valence-corrected chi connectivity index (χ1v) is 11.1. The van der Waals surface area contributed by atoms with E-state index in [9.17, 15) is 0 Å². The van der Waals surface area contributed by atoms with Crippen LogP contribution in [0.25, 0.3) is 0 Å². The lowest BCUT2D eigenvalue weighted by atomic mass is 10.3. The summed E-state index contributed by atoms with van der Waals surface area (Å²) in [5.41, 5.74) is -1.68. The Balaban J connectivity index is -0.000000480. The molecule has 2 atom stereocenters. The Bertz CT molecular complexity index is 303. The van der Waals surface area contributed by atoms with Crippen LogP contribution in [0.3, 0.4) is 0 Å². The van der Waals surface area contributed by atoms with E-state index in [0.717, 1.165) is 0 Å². The zero-order valence-corrected chi connectivity index (χ0v) is 25.0. The molecule has 11 heteroatoms. The van der Waals surface area contributed by atoms with E-state index in [-0.39, 0.29) is 66.2 Å². The van der Waals surface area contributed by atoms with Gasteiger partial charge in [0.05, 0.1) is 0 Å². The molecule has 29 heavy (non-hydrogen) atoms. The molecular formula is C18H48O6S4Si. The molecule has 2 unspecified atom stereocenters. The molecule has 0 aromatic rings. The maximum Gasteiger partial charge on any atom is 0.176 e. The maximum absolute atomic E-state index is 6.16. The summed E-state index contributed by atoms with van der Waals surface area (Å²) in [6.45, 7) is 19.1. The summed E-state index contributed by atoms with van der Waals surface area (Å²) in [4.78, 5) is 0. The van der Waals surface area contributed by atoms with Crippen molar-refractivity contribution in [3.8, 4) is 0 Å². The van der Waals surface area contributed by atoms with Gasteiger partial charge in [0.1, 0.15) is 12.2 Å². The van der Waals surface area contributed by atoms with Gasteiger partial charge in [-0.25, -0.2) is 0 Å². The van der Waals surface area contributed by atoms with Crippen LogP contribution in [-0.4, -0.2) is 72.2 Å². The van der Waals surface area contributed by atoms with Crippen molar-refractivity contribution < 1.29 is 28.4 Å². The first-order chi connectivity index (χ1) is 11.9. The fourth-order valence-electron chi connectivity index (χ4n) is 3.12. The molecule has 0 saturated carbocycles. The fourth-order valence-corrected chi connectivity index (χ4v) is 5.84. The molecule has 0 bridgehead atoms. The van der Waals surface area contributed by atoms with Crippen molar-refractivity contribution in [3.05, 3.63) is 0 Å². The minimum atomic E-state index is -1.29. The third-order valence-electron chi connectivity index (χ3n) is 4.12. The second-order valence-corrected chi connectivity index (χ2v) is 8.05. The Hall–Kier alpha value is 1.38. The molecule has 0 rings (SSSR count). The average Bonchev–Trinajstić information content (AvgIpc) is 2.56. The van der Waals surface area contributed by atoms with E-state index in [1.165, 1.54) is 0 Å². The Morgan fingerprint density at radius 1 is 0.517 bits per heavy atom. The van der Waals surface area contributed by atoms with Crippen LogP contribution in [-0.2, 0) is 28.4 Å². The summed E-state index contributed by atoms with van der Waals surface area (Å²) < 4.78 is 36.4. The molecule has 0 saturated heterocycles. The first kappa shape index (κ1) is 40.7. The molecule has 0 aliphatic heterocycles. The quantitative estimate of drug-likeness (QED) is 0.232. The number of ether oxygens (including phenoxy) is 6. The van der Waals surface area contributed by atoms with Crippen LogP contribution in [0, 0.1) is 0 Å². The number of hydrogen-bond acceptors (Lipinski definition) is 6. The lowest BCUT2D eigenvalue weighted by Crippen LogP contribution is -2.65. The molecule has 0 spiro atoms. The molecule has 0 aliphatic rings. The van der Waals surface area contributed by atoms with Crippen LogP contribution in [0.5, 0.6) is 0 Å². The predicted octanol–water partition coefficient (Wildman–Crippen LogP) is 2.91. The number of rotatable bonds is 16. The lowest BCUT2D eigenvalue weighted by Gasteiger charge is -2.46. The largest absolute Gasteiger partial charge is 0.374 e. The maximum atomic E-state index is 6.16. The molecule has 0 amide bonds. The smallest absolute Gasteiger partial charge is 0.176 e. The average molecular weight is 517 g/mol. The summed E-state index contributed by atoms with van der Waals surface area (Å²) in [6, 6.07) is 0. The van der Waals surface area contributed by atoms with Gasteiger partial charge < -0.3 is 28.4 Å². The van der Waals surface area contributed by atoms with Crippen LogP contribution in [0.1, 0.15) is 55.4 Å². The molecule has 0 aromatic carbocycles. The highest BCUT2D eigenvalue weighted by atomic mass is 32.1. The molecule has 184 valence electrons. The second-order valence-electron chi connectivity index (χ2n) is 5.73.